The van der Waals surface area contributed by atoms with Crippen molar-refractivity contribution in [2.75, 3.05) is 26.7 Å². The van der Waals surface area contributed by atoms with Crippen LogP contribution in [0.3, 0.4) is 0 Å². The van der Waals surface area contributed by atoms with Gasteiger partial charge in [-0.25, -0.2) is 8.78 Å². The molecule has 3 rings (SSSR count). The summed E-state index contributed by atoms with van der Waals surface area (Å²) >= 11 is 0. The summed E-state index contributed by atoms with van der Waals surface area (Å²) in [6, 6.07) is 11.7. The van der Waals surface area contributed by atoms with Crippen LogP contribution in [0.5, 0.6) is 5.75 Å². The zero-order chi connectivity index (χ0) is 22.4. The van der Waals surface area contributed by atoms with E-state index in [-0.39, 0.29) is 23.6 Å². The zero-order valence-electron chi connectivity index (χ0n) is 16.9. The van der Waals surface area contributed by atoms with E-state index >= 15 is 0 Å². The van der Waals surface area contributed by atoms with Gasteiger partial charge >= 0.3 is 0 Å². The van der Waals surface area contributed by atoms with Gasteiger partial charge in [0, 0.05) is 37.2 Å². The van der Waals surface area contributed by atoms with Crippen LogP contribution in [-0.4, -0.2) is 43.5 Å². The average molecular weight is 425 g/mol. The lowest BCUT2D eigenvalue weighted by molar-refractivity contribution is 0.0928. The lowest BCUT2D eigenvalue weighted by Crippen LogP contribution is -2.52. The van der Waals surface area contributed by atoms with Crippen LogP contribution in [0.2, 0.25) is 0 Å². The molecule has 2 aromatic carbocycles. The summed E-state index contributed by atoms with van der Waals surface area (Å²) in [7, 11) is 1.44. The van der Waals surface area contributed by atoms with Crippen molar-refractivity contribution in [1.82, 2.24) is 10.2 Å². The van der Waals surface area contributed by atoms with E-state index in [4.69, 9.17) is 15.7 Å². The van der Waals surface area contributed by atoms with Crippen LogP contribution in [0.4, 0.5) is 8.78 Å². The third-order valence-electron chi connectivity index (χ3n) is 5.53. The highest BCUT2D eigenvalue weighted by Crippen LogP contribution is 2.37. The summed E-state index contributed by atoms with van der Waals surface area (Å²) < 4.78 is 33.9. The lowest BCUT2D eigenvalue weighted by Gasteiger charge is -2.42. The Hall–Kier alpha value is -3.85. The molecule has 0 bridgehead atoms. The normalized spacial score (nSPS) is 15.5. The monoisotopic (exact) mass is 425 g/mol. The van der Waals surface area contributed by atoms with E-state index < -0.39 is 23.0 Å². The van der Waals surface area contributed by atoms with Crippen molar-refractivity contribution in [2.24, 2.45) is 10.7 Å². The zero-order valence-corrected chi connectivity index (χ0v) is 16.9. The molecule has 2 aromatic rings. The van der Waals surface area contributed by atoms with Crippen LogP contribution < -0.4 is 15.8 Å². The topological polar surface area (TPSA) is 104 Å². The van der Waals surface area contributed by atoms with Crippen molar-refractivity contribution in [3.63, 3.8) is 0 Å². The van der Waals surface area contributed by atoms with Crippen molar-refractivity contribution < 1.29 is 18.3 Å². The highest BCUT2D eigenvalue weighted by molar-refractivity contribution is 5.96. The van der Waals surface area contributed by atoms with Gasteiger partial charge in [-0.3, -0.25) is 4.79 Å². The number of rotatable bonds is 5. The van der Waals surface area contributed by atoms with Crippen LogP contribution in [0.1, 0.15) is 28.8 Å². The molecule has 1 aliphatic heterocycles. The van der Waals surface area contributed by atoms with Gasteiger partial charge in [0.25, 0.3) is 5.91 Å². The number of guanidine groups is 1. The summed E-state index contributed by atoms with van der Waals surface area (Å²) in [5.41, 5.74) is 5.37. The summed E-state index contributed by atoms with van der Waals surface area (Å²) in [6.45, 7) is 0.789. The number of piperidine rings is 1. The number of nitrogens with one attached hydrogen (secondary N) is 1. The number of ether oxygens (including phenoxy) is 1. The van der Waals surface area contributed by atoms with Gasteiger partial charge in [-0.1, -0.05) is 12.1 Å². The standard InChI is InChI=1S/C22H21F2N5O2/c1-31-19-5-3-2-4-16(19)20(30)27-13-22(17-12-15(23)6-7-18(17)24)8-10-29(11-9-22)21(26)28-14-25/h4-7,12H,8-11,13H2,1H3,(H2,26,28)(H,27,30). The van der Waals surface area contributed by atoms with Crippen molar-refractivity contribution in [2.45, 2.75) is 18.3 Å². The fraction of sp³-hybridized carbons (Fsp3) is 0.318. The van der Waals surface area contributed by atoms with Crippen LogP contribution in [0, 0.1) is 35.2 Å². The second-order valence-corrected chi connectivity index (χ2v) is 7.20. The highest BCUT2D eigenvalue weighted by atomic mass is 19.1. The number of carbonyl (C=O) groups excluding carboxylic acids is 1. The summed E-state index contributed by atoms with van der Waals surface area (Å²) in [5, 5.41) is 11.5. The van der Waals surface area contributed by atoms with Crippen molar-refractivity contribution >= 4 is 11.9 Å². The number of benzene rings is 1. The highest BCUT2D eigenvalue weighted by Gasteiger charge is 2.39. The Kier molecular flexibility index (Phi) is 6.56. The molecule has 9 heteroatoms. The van der Waals surface area contributed by atoms with Gasteiger partial charge in [0.2, 0.25) is 12.2 Å². The number of likely N-dealkylation sites (tertiary alicyclic amines) is 1. The number of aliphatic imine (C=N–C) groups is 1. The van der Waals surface area contributed by atoms with Crippen LogP contribution >= 0.6 is 0 Å². The van der Waals surface area contributed by atoms with E-state index in [1.54, 1.807) is 11.1 Å². The molecule has 7 nitrogen and oxygen atoms in total. The minimum absolute atomic E-state index is 0.0666. The largest absolute Gasteiger partial charge is 0.495 e. The predicted molar refractivity (Wildman–Crippen MR) is 109 cm³/mol. The first-order valence-corrected chi connectivity index (χ1v) is 9.57. The number of nitriles is 1. The molecule has 1 aliphatic rings. The Balaban J connectivity index is 1.87. The van der Waals surface area contributed by atoms with E-state index in [2.05, 4.69) is 22.4 Å². The average Bonchev–Trinajstić information content (AvgIpc) is 2.79. The summed E-state index contributed by atoms with van der Waals surface area (Å²) in [6.07, 6.45) is 2.36. The number of halogens is 2. The second-order valence-electron chi connectivity index (χ2n) is 7.20. The van der Waals surface area contributed by atoms with Crippen LogP contribution in [-0.2, 0) is 5.41 Å². The quantitative estimate of drug-likeness (QED) is 0.434. The molecule has 160 valence electrons. The van der Waals surface area contributed by atoms with E-state index in [9.17, 15) is 13.6 Å². The molecule has 1 amide bonds. The van der Waals surface area contributed by atoms with Gasteiger partial charge in [0.1, 0.15) is 17.4 Å². The van der Waals surface area contributed by atoms with E-state index in [0.717, 1.165) is 18.2 Å². The second kappa shape index (κ2) is 9.31. The molecule has 1 saturated heterocycles. The predicted octanol–water partition coefficient (Wildman–Crippen LogP) is 2.13. The Morgan fingerprint density at radius 1 is 1.35 bits per heavy atom. The maximum absolute atomic E-state index is 14.7. The molecular weight excluding hydrogens is 404 g/mol. The molecule has 31 heavy (non-hydrogen) atoms. The summed E-state index contributed by atoms with van der Waals surface area (Å²) in [4.78, 5) is 18.0. The van der Waals surface area contributed by atoms with Crippen molar-refractivity contribution in [3.05, 3.63) is 65.2 Å². The minimum Gasteiger partial charge on any atom is -0.495 e. The third-order valence-corrected chi connectivity index (χ3v) is 5.53. The van der Waals surface area contributed by atoms with Gasteiger partial charge in [0.05, 0.1) is 12.7 Å². The molecular formula is C22H21F2N5O2. The molecule has 3 N–H and O–H groups in total. The first-order valence-electron chi connectivity index (χ1n) is 9.57. The molecule has 0 atom stereocenters. The maximum Gasteiger partial charge on any atom is 0.255 e. The first kappa shape index (κ1) is 21.8. The Bertz CT molecular complexity index is 1030. The number of carbonyl (C=O) groups is 1. The molecule has 0 aliphatic carbocycles. The molecule has 0 saturated carbocycles. The number of hydrogen-bond donors (Lipinski definition) is 2. The molecule has 1 heterocycles. The Morgan fingerprint density at radius 3 is 2.74 bits per heavy atom. The van der Waals surface area contributed by atoms with Gasteiger partial charge in [-0.2, -0.15) is 5.26 Å². The van der Waals surface area contributed by atoms with Gasteiger partial charge < -0.3 is 20.7 Å². The van der Waals surface area contributed by atoms with E-state index in [1.165, 1.54) is 19.2 Å². The fourth-order valence-corrected chi connectivity index (χ4v) is 3.79. The number of nitrogens with zero attached hydrogens (tertiary/aromatic N) is 3. The number of nitrogens with two attached hydrogens (primary N) is 1. The van der Waals surface area contributed by atoms with E-state index in [1.807, 2.05) is 0 Å². The molecule has 0 aromatic heterocycles. The number of methoxy groups -OCH3 is 1. The van der Waals surface area contributed by atoms with E-state index in [0.29, 0.717) is 31.7 Å². The fourth-order valence-electron chi connectivity index (χ4n) is 3.79. The lowest BCUT2D eigenvalue weighted by atomic mass is 9.72. The molecule has 0 unspecified atom stereocenters. The summed E-state index contributed by atoms with van der Waals surface area (Å²) in [5.74, 6) is -1.14. The smallest absolute Gasteiger partial charge is 0.255 e. The van der Waals surface area contributed by atoms with Crippen LogP contribution in [0.15, 0.2) is 35.3 Å². The Labute approximate surface area is 179 Å². The van der Waals surface area contributed by atoms with Crippen molar-refractivity contribution in [1.29, 1.82) is 5.26 Å². The number of amides is 1. The Morgan fingerprint density at radius 2 is 2.06 bits per heavy atom. The minimum atomic E-state index is -0.872. The maximum atomic E-state index is 14.7. The molecule has 0 spiro atoms. The van der Waals surface area contributed by atoms with Crippen molar-refractivity contribution in [3.8, 4) is 11.9 Å². The van der Waals surface area contributed by atoms with Gasteiger partial charge in [0.15, 0.2) is 0 Å². The molecule has 1 fully saturated rings. The first-order chi connectivity index (χ1) is 14.9. The number of hydrogen-bond acceptors (Lipinski definition) is 4. The SMILES string of the molecule is COc1cc#ccc1C(=O)NCC1(c2cc(F)ccc2F)CCN(C(N)=NC#N)CC1. The molecule has 0 radical (unpaired) electrons. The van der Waals surface area contributed by atoms with Crippen LogP contribution in [0.25, 0.3) is 0 Å². The van der Waals surface area contributed by atoms with Gasteiger partial charge in [-0.05, 0) is 36.6 Å². The third kappa shape index (κ3) is 4.67. The van der Waals surface area contributed by atoms with Gasteiger partial charge in [-0.15, -0.1) is 4.99 Å².